The van der Waals surface area contributed by atoms with Gasteiger partial charge in [-0.2, -0.15) is 0 Å². The first-order valence-corrected chi connectivity index (χ1v) is 9.29. The van der Waals surface area contributed by atoms with Gasteiger partial charge in [0.15, 0.2) is 6.61 Å². The van der Waals surface area contributed by atoms with Crippen molar-refractivity contribution in [3.63, 3.8) is 0 Å². The molecule has 0 spiro atoms. The second-order valence-corrected chi connectivity index (χ2v) is 6.86. The Balaban J connectivity index is 1.57. The molecule has 1 amide bonds. The van der Waals surface area contributed by atoms with Crippen LogP contribution in [0.15, 0.2) is 54.6 Å². The highest BCUT2D eigenvalue weighted by Crippen LogP contribution is 2.21. The van der Waals surface area contributed by atoms with Crippen molar-refractivity contribution in [2.75, 3.05) is 36.2 Å². The summed E-state index contributed by atoms with van der Waals surface area (Å²) in [4.78, 5) is 22.9. The van der Waals surface area contributed by atoms with Gasteiger partial charge in [0.1, 0.15) is 23.2 Å². The first kappa shape index (κ1) is 20.1. The van der Waals surface area contributed by atoms with Crippen molar-refractivity contribution < 1.29 is 9.53 Å². The maximum absolute atomic E-state index is 12.1. The van der Waals surface area contributed by atoms with Crippen LogP contribution in [0.1, 0.15) is 11.4 Å². The number of benzene rings is 2. The second-order valence-electron chi connectivity index (χ2n) is 6.86. The summed E-state index contributed by atoms with van der Waals surface area (Å²) in [6.45, 7) is 3.76. The normalized spacial score (nSPS) is 10.3. The monoisotopic (exact) mass is 391 g/mol. The van der Waals surface area contributed by atoms with Crippen molar-refractivity contribution in [1.82, 2.24) is 9.97 Å². The molecule has 1 heterocycles. The summed E-state index contributed by atoms with van der Waals surface area (Å²) in [7, 11) is 3.87. The Hall–Kier alpha value is -3.61. The molecule has 2 N–H and O–H groups in total. The van der Waals surface area contributed by atoms with E-state index in [4.69, 9.17) is 4.74 Å². The number of ether oxygens (including phenoxy) is 1. The summed E-state index contributed by atoms with van der Waals surface area (Å²) in [5.74, 6) is 2.73. The Morgan fingerprint density at radius 3 is 2.38 bits per heavy atom. The number of nitrogens with zero attached hydrogens (tertiary/aromatic N) is 3. The SMILES string of the molecule is Cc1nc(Nc2ccc(NC(=O)COc3ccccc3C)cc2)cc(N(C)C)n1. The molecule has 0 saturated carbocycles. The minimum Gasteiger partial charge on any atom is -0.483 e. The molecular weight excluding hydrogens is 366 g/mol. The highest BCUT2D eigenvalue weighted by Gasteiger charge is 2.07. The fraction of sp³-hybridized carbons (Fsp3) is 0.227. The largest absolute Gasteiger partial charge is 0.483 e. The average molecular weight is 391 g/mol. The van der Waals surface area contributed by atoms with Crippen LogP contribution >= 0.6 is 0 Å². The topological polar surface area (TPSA) is 79.4 Å². The Labute approximate surface area is 170 Å². The third-order valence-electron chi connectivity index (χ3n) is 4.18. The van der Waals surface area contributed by atoms with Gasteiger partial charge in [0, 0.05) is 31.5 Å². The molecule has 7 nitrogen and oxygen atoms in total. The molecule has 0 fully saturated rings. The third-order valence-corrected chi connectivity index (χ3v) is 4.18. The quantitative estimate of drug-likeness (QED) is 0.635. The highest BCUT2D eigenvalue weighted by molar-refractivity contribution is 5.92. The van der Waals surface area contributed by atoms with Crippen molar-refractivity contribution >= 4 is 28.9 Å². The van der Waals surface area contributed by atoms with E-state index in [1.165, 1.54) is 0 Å². The molecular formula is C22H25N5O2. The number of anilines is 4. The lowest BCUT2D eigenvalue weighted by atomic mass is 10.2. The molecule has 0 unspecified atom stereocenters. The Kier molecular flexibility index (Phi) is 6.29. The van der Waals surface area contributed by atoms with Crippen LogP contribution < -0.4 is 20.3 Å². The molecule has 0 atom stereocenters. The van der Waals surface area contributed by atoms with Crippen molar-refractivity contribution in [3.05, 3.63) is 66.0 Å². The molecule has 0 saturated heterocycles. The first-order valence-electron chi connectivity index (χ1n) is 9.29. The lowest BCUT2D eigenvalue weighted by Crippen LogP contribution is -2.20. The van der Waals surface area contributed by atoms with Gasteiger partial charge in [-0.3, -0.25) is 4.79 Å². The molecule has 0 aliphatic rings. The fourth-order valence-corrected chi connectivity index (χ4v) is 2.69. The minimum atomic E-state index is -0.212. The Morgan fingerprint density at radius 1 is 1.00 bits per heavy atom. The fourth-order valence-electron chi connectivity index (χ4n) is 2.69. The predicted octanol–water partition coefficient (Wildman–Crippen LogP) is 3.92. The number of aryl methyl sites for hydroxylation is 2. The summed E-state index contributed by atoms with van der Waals surface area (Å²) in [5.41, 5.74) is 2.55. The van der Waals surface area contributed by atoms with Gasteiger partial charge in [0.2, 0.25) is 0 Å². The molecule has 0 aliphatic carbocycles. The number of carbonyl (C=O) groups excluding carboxylic acids is 1. The molecule has 150 valence electrons. The van der Waals surface area contributed by atoms with Crippen LogP contribution in [0.5, 0.6) is 5.75 Å². The number of amides is 1. The zero-order chi connectivity index (χ0) is 20.8. The van der Waals surface area contributed by atoms with Crippen molar-refractivity contribution in [1.29, 1.82) is 0 Å². The van der Waals surface area contributed by atoms with E-state index in [-0.39, 0.29) is 12.5 Å². The summed E-state index contributed by atoms with van der Waals surface area (Å²) in [6.07, 6.45) is 0. The summed E-state index contributed by atoms with van der Waals surface area (Å²) in [6, 6.07) is 16.9. The van der Waals surface area contributed by atoms with Gasteiger partial charge in [-0.25, -0.2) is 9.97 Å². The lowest BCUT2D eigenvalue weighted by molar-refractivity contribution is -0.118. The van der Waals surface area contributed by atoms with Crippen LogP contribution in [0.2, 0.25) is 0 Å². The van der Waals surface area contributed by atoms with Crippen molar-refractivity contribution in [2.24, 2.45) is 0 Å². The first-order chi connectivity index (χ1) is 13.9. The van der Waals surface area contributed by atoms with Gasteiger partial charge in [-0.1, -0.05) is 18.2 Å². The standard InChI is InChI=1S/C22H25N5O2/c1-15-7-5-6-8-19(15)29-14-22(28)26-18-11-9-17(10-12-18)25-20-13-21(27(3)4)24-16(2)23-20/h5-13H,14H2,1-4H3,(H,26,28)(H,23,24,25). The Bertz CT molecular complexity index is 987. The number of hydrogen-bond donors (Lipinski definition) is 2. The molecule has 1 aromatic heterocycles. The molecule has 3 rings (SSSR count). The van der Waals surface area contributed by atoms with E-state index in [1.54, 1.807) is 0 Å². The van der Waals surface area contributed by atoms with E-state index in [0.29, 0.717) is 23.1 Å². The van der Waals surface area contributed by atoms with Gasteiger partial charge in [0.05, 0.1) is 0 Å². The Morgan fingerprint density at radius 2 is 1.69 bits per heavy atom. The molecule has 2 aromatic carbocycles. The van der Waals surface area contributed by atoms with Gasteiger partial charge in [-0.15, -0.1) is 0 Å². The maximum atomic E-state index is 12.1. The van der Waals surface area contributed by atoms with Crippen LogP contribution in [0, 0.1) is 13.8 Å². The van der Waals surface area contributed by atoms with Crippen LogP contribution in [0.4, 0.5) is 23.0 Å². The molecule has 3 aromatic rings. The molecule has 0 aliphatic heterocycles. The van der Waals surface area contributed by atoms with Crippen LogP contribution in [0.3, 0.4) is 0 Å². The lowest BCUT2D eigenvalue weighted by Gasteiger charge is -2.14. The van der Waals surface area contributed by atoms with Crippen LogP contribution in [0.25, 0.3) is 0 Å². The van der Waals surface area contributed by atoms with E-state index >= 15 is 0 Å². The van der Waals surface area contributed by atoms with E-state index < -0.39 is 0 Å². The maximum Gasteiger partial charge on any atom is 0.262 e. The van der Waals surface area contributed by atoms with E-state index in [0.717, 1.165) is 17.1 Å². The summed E-state index contributed by atoms with van der Waals surface area (Å²) >= 11 is 0. The zero-order valence-corrected chi connectivity index (χ0v) is 17.1. The number of hydrogen-bond acceptors (Lipinski definition) is 6. The summed E-state index contributed by atoms with van der Waals surface area (Å²) < 4.78 is 5.57. The molecule has 0 radical (unpaired) electrons. The molecule has 7 heteroatoms. The van der Waals surface area contributed by atoms with Gasteiger partial charge in [-0.05, 0) is 49.7 Å². The zero-order valence-electron chi connectivity index (χ0n) is 17.1. The number of carbonyl (C=O) groups is 1. The van der Waals surface area contributed by atoms with Crippen LogP contribution in [-0.4, -0.2) is 36.6 Å². The number of para-hydroxylation sites is 1. The van der Waals surface area contributed by atoms with Crippen molar-refractivity contribution in [2.45, 2.75) is 13.8 Å². The van der Waals surface area contributed by atoms with Gasteiger partial charge in [0.25, 0.3) is 5.91 Å². The minimum absolute atomic E-state index is 0.0433. The summed E-state index contributed by atoms with van der Waals surface area (Å²) in [5, 5.41) is 6.09. The van der Waals surface area contributed by atoms with Crippen LogP contribution in [-0.2, 0) is 4.79 Å². The number of nitrogens with one attached hydrogen (secondary N) is 2. The van der Waals surface area contributed by atoms with Crippen molar-refractivity contribution in [3.8, 4) is 5.75 Å². The molecule has 29 heavy (non-hydrogen) atoms. The number of rotatable bonds is 7. The highest BCUT2D eigenvalue weighted by atomic mass is 16.5. The second kappa shape index (κ2) is 9.05. The number of aromatic nitrogens is 2. The predicted molar refractivity (Wildman–Crippen MR) is 116 cm³/mol. The van der Waals surface area contributed by atoms with Gasteiger partial charge >= 0.3 is 0 Å². The van der Waals surface area contributed by atoms with E-state index in [1.807, 2.05) is 87.4 Å². The smallest absolute Gasteiger partial charge is 0.262 e. The van der Waals surface area contributed by atoms with E-state index in [9.17, 15) is 4.79 Å². The van der Waals surface area contributed by atoms with Gasteiger partial charge < -0.3 is 20.3 Å². The average Bonchev–Trinajstić information content (AvgIpc) is 2.68. The third kappa shape index (κ3) is 5.68. The van der Waals surface area contributed by atoms with E-state index in [2.05, 4.69) is 20.6 Å². The molecule has 0 bridgehead atoms.